The molecule has 3 rings (SSSR count). The average molecular weight is 301 g/mol. The van der Waals surface area contributed by atoms with Gasteiger partial charge in [-0.2, -0.15) is 0 Å². The van der Waals surface area contributed by atoms with Gasteiger partial charge in [0.15, 0.2) is 5.78 Å². The van der Waals surface area contributed by atoms with Gasteiger partial charge in [-0.15, -0.1) is 0 Å². The summed E-state index contributed by atoms with van der Waals surface area (Å²) in [6, 6.07) is 5.21. The first-order valence-corrected chi connectivity index (χ1v) is 8.42. The van der Waals surface area contributed by atoms with E-state index in [-0.39, 0.29) is 5.92 Å². The molecular formula is C19H27NO2. The van der Waals surface area contributed by atoms with E-state index < -0.39 is 0 Å². The van der Waals surface area contributed by atoms with Crippen LogP contribution in [0, 0.1) is 19.8 Å². The highest BCUT2D eigenvalue weighted by molar-refractivity contribution is 5.99. The highest BCUT2D eigenvalue weighted by Crippen LogP contribution is 2.38. The number of carbonyl (C=O) groups excluding carboxylic acids is 1. The van der Waals surface area contributed by atoms with Crippen LogP contribution in [-0.2, 0) is 0 Å². The fraction of sp³-hybridized carbons (Fsp3) is 0.632. The maximum atomic E-state index is 13.1. The Morgan fingerprint density at radius 3 is 2.36 bits per heavy atom. The molecule has 2 saturated heterocycles. The van der Waals surface area contributed by atoms with E-state index in [0.29, 0.717) is 17.9 Å². The van der Waals surface area contributed by atoms with Crippen molar-refractivity contribution < 1.29 is 9.53 Å². The molecule has 0 amide bonds. The number of ketones is 1. The number of fused-ring (bicyclic) bond motifs is 2. The molecule has 1 aromatic rings. The molecule has 1 aromatic carbocycles. The molecule has 2 aliphatic heterocycles. The van der Waals surface area contributed by atoms with Gasteiger partial charge in [-0.3, -0.25) is 4.79 Å². The Balaban J connectivity index is 1.84. The van der Waals surface area contributed by atoms with Crippen LogP contribution in [0.1, 0.15) is 53.6 Å². The van der Waals surface area contributed by atoms with E-state index in [4.69, 9.17) is 4.74 Å². The minimum atomic E-state index is 0.193. The molecular weight excluding hydrogens is 274 g/mol. The van der Waals surface area contributed by atoms with Gasteiger partial charge < -0.3 is 9.64 Å². The fourth-order valence-electron chi connectivity index (χ4n) is 4.32. The lowest BCUT2D eigenvalue weighted by Gasteiger charge is -2.46. The van der Waals surface area contributed by atoms with Crippen LogP contribution in [0.15, 0.2) is 12.1 Å². The molecule has 3 nitrogen and oxygen atoms in total. The number of hydrogen-bond donors (Lipinski definition) is 0. The van der Waals surface area contributed by atoms with Crippen LogP contribution >= 0.6 is 0 Å². The number of nitrogens with zero attached hydrogens (tertiary/aromatic N) is 1. The summed E-state index contributed by atoms with van der Waals surface area (Å²) in [5.74, 6) is 1.40. The van der Waals surface area contributed by atoms with Gasteiger partial charge in [-0.25, -0.2) is 0 Å². The second kappa shape index (κ2) is 6.04. The van der Waals surface area contributed by atoms with E-state index in [1.54, 1.807) is 7.11 Å². The minimum Gasteiger partial charge on any atom is -0.496 e. The Kier molecular flexibility index (Phi) is 4.26. The van der Waals surface area contributed by atoms with Crippen molar-refractivity contribution in [3.63, 3.8) is 0 Å². The molecule has 2 aliphatic rings. The molecule has 0 aliphatic carbocycles. The van der Waals surface area contributed by atoms with Crippen molar-refractivity contribution in [1.82, 2.24) is 4.90 Å². The summed E-state index contributed by atoms with van der Waals surface area (Å²) in [5, 5.41) is 0. The van der Waals surface area contributed by atoms with Crippen molar-refractivity contribution in [3.8, 4) is 5.75 Å². The van der Waals surface area contributed by atoms with Crippen LogP contribution in [0.3, 0.4) is 0 Å². The lowest BCUT2D eigenvalue weighted by molar-refractivity contribution is 0.0338. The van der Waals surface area contributed by atoms with E-state index in [2.05, 4.69) is 11.9 Å². The summed E-state index contributed by atoms with van der Waals surface area (Å²) in [4.78, 5) is 15.6. The Morgan fingerprint density at radius 2 is 1.77 bits per heavy atom. The number of benzene rings is 1. The second-order valence-electron chi connectivity index (χ2n) is 7.07. The van der Waals surface area contributed by atoms with Gasteiger partial charge in [0, 0.05) is 23.6 Å². The molecule has 2 unspecified atom stereocenters. The monoisotopic (exact) mass is 301 g/mol. The zero-order valence-electron chi connectivity index (χ0n) is 14.2. The maximum Gasteiger partial charge on any atom is 0.166 e. The molecule has 3 heteroatoms. The normalized spacial score (nSPS) is 28.5. The van der Waals surface area contributed by atoms with Gasteiger partial charge in [0.2, 0.25) is 0 Å². The third-order valence-corrected chi connectivity index (χ3v) is 5.72. The van der Waals surface area contributed by atoms with Gasteiger partial charge in [0.1, 0.15) is 5.75 Å². The van der Waals surface area contributed by atoms with E-state index in [1.165, 1.54) is 19.3 Å². The SMILES string of the molecule is COc1cc(C)c(C(=O)C2CC3CCCC(C2)N3C)cc1C. The van der Waals surface area contributed by atoms with Gasteiger partial charge in [0.25, 0.3) is 0 Å². The van der Waals surface area contributed by atoms with Crippen molar-refractivity contribution in [2.75, 3.05) is 14.2 Å². The summed E-state index contributed by atoms with van der Waals surface area (Å²) in [5.41, 5.74) is 2.98. The van der Waals surface area contributed by atoms with Crippen molar-refractivity contribution in [1.29, 1.82) is 0 Å². The van der Waals surface area contributed by atoms with Crippen LogP contribution in [0.25, 0.3) is 0 Å². The number of piperidine rings is 2. The zero-order valence-corrected chi connectivity index (χ0v) is 14.2. The molecule has 0 saturated carbocycles. The fourth-order valence-corrected chi connectivity index (χ4v) is 4.32. The maximum absolute atomic E-state index is 13.1. The smallest absolute Gasteiger partial charge is 0.166 e. The van der Waals surface area contributed by atoms with Gasteiger partial charge in [-0.05, 0) is 69.8 Å². The van der Waals surface area contributed by atoms with Gasteiger partial charge in [0.05, 0.1) is 7.11 Å². The van der Waals surface area contributed by atoms with Crippen molar-refractivity contribution in [3.05, 3.63) is 28.8 Å². The second-order valence-corrected chi connectivity index (χ2v) is 7.07. The molecule has 0 radical (unpaired) electrons. The van der Waals surface area contributed by atoms with Crippen LogP contribution in [0.2, 0.25) is 0 Å². The number of aryl methyl sites for hydroxylation is 2. The first-order chi connectivity index (χ1) is 10.5. The highest BCUT2D eigenvalue weighted by atomic mass is 16.5. The topological polar surface area (TPSA) is 29.5 Å². The Labute approximate surface area is 133 Å². The van der Waals surface area contributed by atoms with Crippen molar-refractivity contribution in [2.24, 2.45) is 5.92 Å². The minimum absolute atomic E-state index is 0.193. The quantitative estimate of drug-likeness (QED) is 0.796. The first-order valence-electron chi connectivity index (χ1n) is 8.42. The first kappa shape index (κ1) is 15.5. The lowest BCUT2D eigenvalue weighted by Crippen LogP contribution is -2.51. The lowest BCUT2D eigenvalue weighted by atomic mass is 9.75. The number of Topliss-reactive ketones (excluding diaryl/α,β-unsaturated/α-hetero) is 1. The molecule has 2 atom stereocenters. The summed E-state index contributed by atoms with van der Waals surface area (Å²) < 4.78 is 5.36. The molecule has 0 aromatic heterocycles. The molecule has 2 heterocycles. The van der Waals surface area contributed by atoms with E-state index >= 15 is 0 Å². The average Bonchev–Trinajstić information content (AvgIpc) is 2.48. The van der Waals surface area contributed by atoms with E-state index in [1.807, 2.05) is 26.0 Å². The molecule has 22 heavy (non-hydrogen) atoms. The van der Waals surface area contributed by atoms with Crippen LogP contribution in [-0.4, -0.2) is 36.9 Å². The Bertz CT molecular complexity index is 567. The molecule has 0 N–H and O–H groups in total. The standard InChI is InChI=1S/C19H27NO2/c1-12-9-18(22-4)13(2)8-17(12)19(21)14-10-15-6-5-7-16(11-14)20(15)3/h8-9,14-16H,5-7,10-11H2,1-4H3. The number of ether oxygens (including phenoxy) is 1. The Hall–Kier alpha value is -1.35. The Morgan fingerprint density at radius 1 is 1.14 bits per heavy atom. The third kappa shape index (κ3) is 2.67. The largest absolute Gasteiger partial charge is 0.496 e. The third-order valence-electron chi connectivity index (χ3n) is 5.72. The number of rotatable bonds is 3. The molecule has 2 fully saturated rings. The van der Waals surface area contributed by atoms with Crippen LogP contribution in [0.4, 0.5) is 0 Å². The van der Waals surface area contributed by atoms with Crippen molar-refractivity contribution >= 4 is 5.78 Å². The van der Waals surface area contributed by atoms with E-state index in [0.717, 1.165) is 35.3 Å². The predicted octanol–water partition coefficient (Wildman–Crippen LogP) is 3.76. The summed E-state index contributed by atoms with van der Waals surface area (Å²) >= 11 is 0. The summed E-state index contributed by atoms with van der Waals surface area (Å²) in [6.45, 7) is 4.03. The summed E-state index contributed by atoms with van der Waals surface area (Å²) in [6.07, 6.45) is 5.86. The number of hydrogen-bond acceptors (Lipinski definition) is 3. The molecule has 0 spiro atoms. The van der Waals surface area contributed by atoms with Crippen LogP contribution in [0.5, 0.6) is 5.75 Å². The summed E-state index contributed by atoms with van der Waals surface area (Å²) in [7, 11) is 3.92. The predicted molar refractivity (Wildman–Crippen MR) is 88.7 cm³/mol. The highest BCUT2D eigenvalue weighted by Gasteiger charge is 2.39. The zero-order chi connectivity index (χ0) is 15.9. The van der Waals surface area contributed by atoms with Crippen molar-refractivity contribution in [2.45, 2.75) is 58.0 Å². The van der Waals surface area contributed by atoms with Gasteiger partial charge in [-0.1, -0.05) is 6.42 Å². The van der Waals surface area contributed by atoms with E-state index in [9.17, 15) is 4.79 Å². The van der Waals surface area contributed by atoms with Gasteiger partial charge >= 0.3 is 0 Å². The van der Waals surface area contributed by atoms with Crippen LogP contribution < -0.4 is 4.74 Å². The number of methoxy groups -OCH3 is 1. The molecule has 120 valence electrons. The molecule has 2 bridgehead atoms. The number of carbonyl (C=O) groups is 1.